The van der Waals surface area contributed by atoms with E-state index in [4.69, 9.17) is 9.47 Å². The number of benzene rings is 1. The molecule has 124 valence electrons. The SMILES string of the molecule is COc1ccc(OCCCN2CCN(S(C)(=O)=O)CC2)cc1. The van der Waals surface area contributed by atoms with Gasteiger partial charge in [-0.1, -0.05) is 0 Å². The molecule has 0 bridgehead atoms. The lowest BCUT2D eigenvalue weighted by Gasteiger charge is -2.33. The number of ether oxygens (including phenoxy) is 2. The molecule has 6 nitrogen and oxygen atoms in total. The number of nitrogens with zero attached hydrogens (tertiary/aromatic N) is 2. The van der Waals surface area contributed by atoms with Crippen LogP contribution in [-0.4, -0.2) is 70.3 Å². The van der Waals surface area contributed by atoms with Crippen molar-refractivity contribution in [2.45, 2.75) is 6.42 Å². The van der Waals surface area contributed by atoms with Gasteiger partial charge in [0.05, 0.1) is 20.0 Å². The Kier molecular flexibility index (Phi) is 6.05. The van der Waals surface area contributed by atoms with Gasteiger partial charge in [-0.15, -0.1) is 0 Å². The maximum absolute atomic E-state index is 11.4. The first-order valence-corrected chi connectivity index (χ1v) is 9.28. The summed E-state index contributed by atoms with van der Waals surface area (Å²) in [6, 6.07) is 7.53. The summed E-state index contributed by atoms with van der Waals surface area (Å²) >= 11 is 0. The van der Waals surface area contributed by atoms with E-state index in [9.17, 15) is 8.42 Å². The van der Waals surface area contributed by atoms with Gasteiger partial charge in [-0.05, 0) is 30.7 Å². The Morgan fingerprint density at radius 2 is 1.64 bits per heavy atom. The Hall–Kier alpha value is -1.31. The van der Waals surface area contributed by atoms with Crippen molar-refractivity contribution in [2.75, 3.05) is 52.7 Å². The van der Waals surface area contributed by atoms with Gasteiger partial charge >= 0.3 is 0 Å². The number of methoxy groups -OCH3 is 1. The van der Waals surface area contributed by atoms with E-state index < -0.39 is 10.0 Å². The molecule has 1 aliphatic rings. The second kappa shape index (κ2) is 7.80. The van der Waals surface area contributed by atoms with Crippen molar-refractivity contribution >= 4 is 10.0 Å². The van der Waals surface area contributed by atoms with Crippen molar-refractivity contribution in [1.29, 1.82) is 0 Å². The number of sulfonamides is 1. The van der Waals surface area contributed by atoms with E-state index in [0.717, 1.165) is 37.6 Å². The molecule has 0 spiro atoms. The van der Waals surface area contributed by atoms with Gasteiger partial charge in [-0.2, -0.15) is 4.31 Å². The number of rotatable bonds is 7. The van der Waals surface area contributed by atoms with Gasteiger partial charge in [0.2, 0.25) is 10.0 Å². The lowest BCUT2D eigenvalue weighted by Crippen LogP contribution is -2.48. The molecule has 7 heteroatoms. The monoisotopic (exact) mass is 328 g/mol. The predicted molar refractivity (Wildman–Crippen MR) is 86.0 cm³/mol. The third-order valence-corrected chi connectivity index (χ3v) is 5.05. The molecule has 0 N–H and O–H groups in total. The van der Waals surface area contributed by atoms with E-state index in [2.05, 4.69) is 4.90 Å². The van der Waals surface area contributed by atoms with Crippen LogP contribution < -0.4 is 9.47 Å². The lowest BCUT2D eigenvalue weighted by atomic mass is 10.3. The van der Waals surface area contributed by atoms with E-state index in [-0.39, 0.29) is 0 Å². The zero-order valence-electron chi connectivity index (χ0n) is 13.2. The second-order valence-corrected chi connectivity index (χ2v) is 7.36. The number of hydrogen-bond donors (Lipinski definition) is 0. The highest BCUT2D eigenvalue weighted by molar-refractivity contribution is 7.88. The van der Waals surface area contributed by atoms with Crippen LogP contribution in [0.15, 0.2) is 24.3 Å². The third-order valence-electron chi connectivity index (χ3n) is 3.75. The summed E-state index contributed by atoms with van der Waals surface area (Å²) in [7, 11) is -1.41. The molecular weight excluding hydrogens is 304 g/mol. The molecule has 0 saturated carbocycles. The fourth-order valence-electron chi connectivity index (χ4n) is 2.43. The highest BCUT2D eigenvalue weighted by Gasteiger charge is 2.22. The Labute approximate surface area is 132 Å². The molecule has 1 heterocycles. The summed E-state index contributed by atoms with van der Waals surface area (Å²) in [4.78, 5) is 2.28. The molecule has 1 aromatic carbocycles. The van der Waals surface area contributed by atoms with Gasteiger partial charge in [-0.3, -0.25) is 0 Å². The maximum Gasteiger partial charge on any atom is 0.211 e. The molecule has 2 rings (SSSR count). The van der Waals surface area contributed by atoms with Gasteiger partial charge in [0.25, 0.3) is 0 Å². The van der Waals surface area contributed by atoms with Crippen molar-refractivity contribution in [1.82, 2.24) is 9.21 Å². The van der Waals surface area contributed by atoms with Gasteiger partial charge in [0.1, 0.15) is 11.5 Å². The van der Waals surface area contributed by atoms with E-state index >= 15 is 0 Å². The van der Waals surface area contributed by atoms with Crippen LogP contribution in [0.25, 0.3) is 0 Å². The second-order valence-electron chi connectivity index (χ2n) is 5.38. The van der Waals surface area contributed by atoms with E-state index in [1.807, 2.05) is 24.3 Å². The summed E-state index contributed by atoms with van der Waals surface area (Å²) in [6.07, 6.45) is 2.19. The van der Waals surface area contributed by atoms with Crippen molar-refractivity contribution in [2.24, 2.45) is 0 Å². The fourth-order valence-corrected chi connectivity index (χ4v) is 3.26. The average Bonchev–Trinajstić information content (AvgIpc) is 2.52. The minimum atomic E-state index is -3.04. The van der Waals surface area contributed by atoms with Crippen LogP contribution in [-0.2, 0) is 10.0 Å². The highest BCUT2D eigenvalue weighted by Crippen LogP contribution is 2.17. The standard InChI is InChI=1S/C15H24N2O4S/c1-20-14-4-6-15(7-5-14)21-13-3-8-16-9-11-17(12-10-16)22(2,18)19/h4-7H,3,8-13H2,1-2H3. The first kappa shape index (κ1) is 17.1. The quantitative estimate of drug-likeness (QED) is 0.700. The summed E-state index contributed by atoms with van der Waals surface area (Å²) in [5, 5.41) is 0. The molecule has 0 radical (unpaired) electrons. The van der Waals surface area contributed by atoms with Gasteiger partial charge in [-0.25, -0.2) is 8.42 Å². The summed E-state index contributed by atoms with van der Waals surface area (Å²) in [5.41, 5.74) is 0. The Balaban J connectivity index is 1.63. The Bertz CT molecular complexity index is 551. The molecule has 1 aromatic rings. The van der Waals surface area contributed by atoms with Crippen LogP contribution in [0, 0.1) is 0 Å². The van der Waals surface area contributed by atoms with Gasteiger partial charge in [0.15, 0.2) is 0 Å². The van der Waals surface area contributed by atoms with E-state index in [1.54, 1.807) is 7.11 Å². The van der Waals surface area contributed by atoms with Gasteiger partial charge in [0, 0.05) is 32.7 Å². The van der Waals surface area contributed by atoms with Crippen molar-refractivity contribution in [3.8, 4) is 11.5 Å². The Morgan fingerprint density at radius 3 is 2.18 bits per heavy atom. The first-order chi connectivity index (χ1) is 10.5. The molecular formula is C15H24N2O4S. The largest absolute Gasteiger partial charge is 0.497 e. The van der Waals surface area contributed by atoms with Gasteiger partial charge < -0.3 is 14.4 Å². The normalized spacial score (nSPS) is 17.4. The smallest absolute Gasteiger partial charge is 0.211 e. The van der Waals surface area contributed by atoms with Crippen LogP contribution in [0.1, 0.15) is 6.42 Å². The molecule has 22 heavy (non-hydrogen) atoms. The zero-order valence-corrected chi connectivity index (χ0v) is 14.0. The molecule has 0 unspecified atom stereocenters. The third kappa shape index (κ3) is 5.15. The van der Waals surface area contributed by atoms with Crippen LogP contribution in [0.5, 0.6) is 11.5 Å². The molecule has 0 aliphatic carbocycles. The minimum absolute atomic E-state index is 0.582. The van der Waals surface area contributed by atoms with Crippen LogP contribution in [0.4, 0.5) is 0 Å². The van der Waals surface area contributed by atoms with Crippen molar-refractivity contribution in [3.05, 3.63) is 24.3 Å². The van der Waals surface area contributed by atoms with Crippen LogP contribution in [0.2, 0.25) is 0 Å². The summed E-state index contributed by atoms with van der Waals surface area (Å²) in [6.45, 7) is 4.31. The molecule has 0 atom stereocenters. The lowest BCUT2D eigenvalue weighted by molar-refractivity contribution is 0.175. The number of hydrogen-bond acceptors (Lipinski definition) is 5. The van der Waals surface area contributed by atoms with Crippen LogP contribution in [0.3, 0.4) is 0 Å². The summed E-state index contributed by atoms with van der Waals surface area (Å²) in [5.74, 6) is 1.65. The molecule has 1 fully saturated rings. The molecule has 0 aromatic heterocycles. The minimum Gasteiger partial charge on any atom is -0.497 e. The fraction of sp³-hybridized carbons (Fsp3) is 0.600. The van der Waals surface area contributed by atoms with Crippen LogP contribution >= 0.6 is 0 Å². The van der Waals surface area contributed by atoms with Crippen molar-refractivity contribution < 1.29 is 17.9 Å². The summed E-state index contributed by atoms with van der Waals surface area (Å²) < 4.78 is 35.2. The molecule has 1 saturated heterocycles. The molecule has 0 amide bonds. The topological polar surface area (TPSA) is 59.1 Å². The zero-order chi connectivity index (χ0) is 16.0. The number of piperazine rings is 1. The van der Waals surface area contributed by atoms with Crippen molar-refractivity contribution in [3.63, 3.8) is 0 Å². The average molecular weight is 328 g/mol. The molecule has 1 aliphatic heterocycles. The first-order valence-electron chi connectivity index (χ1n) is 7.43. The van der Waals surface area contributed by atoms with E-state index in [1.165, 1.54) is 10.6 Å². The predicted octanol–water partition coefficient (Wildman–Crippen LogP) is 1.04. The maximum atomic E-state index is 11.4. The Morgan fingerprint density at radius 1 is 1.05 bits per heavy atom. The highest BCUT2D eigenvalue weighted by atomic mass is 32.2. The van der Waals surface area contributed by atoms with E-state index in [0.29, 0.717) is 19.7 Å².